The largest absolute Gasteiger partial charge is 0.305 e. The van der Waals surface area contributed by atoms with Gasteiger partial charge in [-0.1, -0.05) is 0 Å². The van der Waals surface area contributed by atoms with E-state index in [1.165, 1.54) is 26.1 Å². The van der Waals surface area contributed by atoms with Crippen LogP contribution in [0.15, 0.2) is 0 Å². The molecule has 0 aromatic heterocycles. The van der Waals surface area contributed by atoms with Crippen molar-refractivity contribution >= 4 is 0 Å². The zero-order valence-electron chi connectivity index (χ0n) is 8.22. The molecule has 1 fully saturated rings. The number of hydrogen-bond donors (Lipinski definition) is 0. The summed E-state index contributed by atoms with van der Waals surface area (Å²) in [5.74, 6) is 0. The normalized spacial score (nSPS) is 28.4. The maximum absolute atomic E-state index is 2.45. The Balaban J connectivity index is 2.60. The van der Waals surface area contributed by atoms with Crippen LogP contribution in [0.25, 0.3) is 0 Å². The lowest BCUT2D eigenvalue weighted by molar-refractivity contribution is 0.143. The molecular weight excluding hydrogens is 136 g/mol. The SMILES string of the molecule is CN1CCCN(C)C(C)(C)C1. The minimum Gasteiger partial charge on any atom is -0.305 e. The molecule has 0 aliphatic carbocycles. The van der Waals surface area contributed by atoms with E-state index in [2.05, 4.69) is 37.7 Å². The summed E-state index contributed by atoms with van der Waals surface area (Å²) in [5.41, 5.74) is 0.352. The third-order valence-corrected chi connectivity index (χ3v) is 2.72. The van der Waals surface area contributed by atoms with Crippen molar-refractivity contribution in [3.05, 3.63) is 0 Å². The number of likely N-dealkylation sites (N-methyl/N-ethyl adjacent to an activating group) is 2. The Morgan fingerprint density at radius 1 is 1.09 bits per heavy atom. The summed E-state index contributed by atoms with van der Waals surface area (Å²) in [6.07, 6.45) is 1.30. The first-order chi connectivity index (χ1) is 5.02. The molecule has 0 unspecified atom stereocenters. The monoisotopic (exact) mass is 156 g/mol. The minimum absolute atomic E-state index is 0.352. The van der Waals surface area contributed by atoms with Gasteiger partial charge in [0.2, 0.25) is 0 Å². The highest BCUT2D eigenvalue weighted by Gasteiger charge is 2.26. The molecule has 1 heterocycles. The van der Waals surface area contributed by atoms with Gasteiger partial charge in [0.25, 0.3) is 0 Å². The predicted molar refractivity (Wildman–Crippen MR) is 48.8 cm³/mol. The molecule has 0 atom stereocenters. The fourth-order valence-electron chi connectivity index (χ4n) is 1.74. The Morgan fingerprint density at radius 2 is 1.73 bits per heavy atom. The van der Waals surface area contributed by atoms with E-state index in [0.717, 1.165) is 0 Å². The van der Waals surface area contributed by atoms with Crippen LogP contribution >= 0.6 is 0 Å². The lowest BCUT2D eigenvalue weighted by Gasteiger charge is -2.35. The fourth-order valence-corrected chi connectivity index (χ4v) is 1.74. The van der Waals surface area contributed by atoms with Crippen LogP contribution in [0.2, 0.25) is 0 Å². The van der Waals surface area contributed by atoms with Gasteiger partial charge in [-0.05, 0) is 47.5 Å². The van der Waals surface area contributed by atoms with Crippen molar-refractivity contribution in [3.63, 3.8) is 0 Å². The van der Waals surface area contributed by atoms with Crippen LogP contribution in [0.4, 0.5) is 0 Å². The summed E-state index contributed by atoms with van der Waals surface area (Å²) < 4.78 is 0. The molecule has 0 aromatic carbocycles. The van der Waals surface area contributed by atoms with Gasteiger partial charge in [0, 0.05) is 12.1 Å². The summed E-state index contributed by atoms with van der Waals surface area (Å²) in [4.78, 5) is 4.88. The van der Waals surface area contributed by atoms with Crippen molar-refractivity contribution in [3.8, 4) is 0 Å². The summed E-state index contributed by atoms with van der Waals surface area (Å²) >= 11 is 0. The molecule has 2 heteroatoms. The molecule has 1 aliphatic rings. The van der Waals surface area contributed by atoms with E-state index in [1.54, 1.807) is 0 Å². The number of hydrogen-bond acceptors (Lipinski definition) is 2. The zero-order valence-corrected chi connectivity index (χ0v) is 8.22. The van der Waals surface area contributed by atoms with Crippen LogP contribution < -0.4 is 0 Å². The van der Waals surface area contributed by atoms with E-state index in [9.17, 15) is 0 Å². The number of nitrogens with zero attached hydrogens (tertiary/aromatic N) is 2. The van der Waals surface area contributed by atoms with Crippen LogP contribution in [-0.2, 0) is 0 Å². The van der Waals surface area contributed by atoms with E-state index in [-0.39, 0.29) is 0 Å². The van der Waals surface area contributed by atoms with E-state index in [1.807, 2.05) is 0 Å². The molecule has 11 heavy (non-hydrogen) atoms. The van der Waals surface area contributed by atoms with Gasteiger partial charge >= 0.3 is 0 Å². The van der Waals surface area contributed by atoms with Crippen molar-refractivity contribution < 1.29 is 0 Å². The molecule has 0 radical (unpaired) electrons. The first-order valence-corrected chi connectivity index (χ1v) is 4.42. The molecule has 0 saturated carbocycles. The van der Waals surface area contributed by atoms with Crippen molar-refractivity contribution in [1.82, 2.24) is 9.80 Å². The average Bonchev–Trinajstić information content (AvgIpc) is 1.93. The second kappa shape index (κ2) is 3.11. The van der Waals surface area contributed by atoms with Gasteiger partial charge in [0.15, 0.2) is 0 Å². The van der Waals surface area contributed by atoms with Gasteiger partial charge in [-0.15, -0.1) is 0 Å². The van der Waals surface area contributed by atoms with Gasteiger partial charge in [-0.25, -0.2) is 0 Å². The Bertz CT molecular complexity index is 132. The van der Waals surface area contributed by atoms with Gasteiger partial charge in [0.1, 0.15) is 0 Å². The molecule has 0 bridgehead atoms. The van der Waals surface area contributed by atoms with Crippen LogP contribution in [0.5, 0.6) is 0 Å². The van der Waals surface area contributed by atoms with Crippen LogP contribution in [0, 0.1) is 0 Å². The third-order valence-electron chi connectivity index (χ3n) is 2.72. The predicted octanol–water partition coefficient (Wildman–Crippen LogP) is 1.03. The Hall–Kier alpha value is -0.0800. The van der Waals surface area contributed by atoms with Crippen molar-refractivity contribution in [2.24, 2.45) is 0 Å². The Kier molecular flexibility index (Phi) is 2.55. The minimum atomic E-state index is 0.352. The lowest BCUT2D eigenvalue weighted by Crippen LogP contribution is -2.46. The second-order valence-corrected chi connectivity index (χ2v) is 4.33. The van der Waals surface area contributed by atoms with Crippen LogP contribution in [0.1, 0.15) is 20.3 Å². The van der Waals surface area contributed by atoms with Crippen molar-refractivity contribution in [2.75, 3.05) is 33.7 Å². The topological polar surface area (TPSA) is 6.48 Å². The Morgan fingerprint density at radius 3 is 2.36 bits per heavy atom. The molecule has 0 aromatic rings. The van der Waals surface area contributed by atoms with Crippen LogP contribution in [0.3, 0.4) is 0 Å². The molecule has 1 rings (SSSR count). The fraction of sp³-hybridized carbons (Fsp3) is 1.00. The molecule has 2 nitrogen and oxygen atoms in total. The maximum Gasteiger partial charge on any atom is 0.0277 e. The van der Waals surface area contributed by atoms with Gasteiger partial charge in [0.05, 0.1) is 0 Å². The molecular formula is C9H20N2. The zero-order chi connectivity index (χ0) is 8.48. The highest BCUT2D eigenvalue weighted by atomic mass is 15.2. The van der Waals surface area contributed by atoms with E-state index in [0.29, 0.717) is 5.54 Å². The lowest BCUT2D eigenvalue weighted by atomic mass is 10.0. The number of rotatable bonds is 0. The smallest absolute Gasteiger partial charge is 0.0277 e. The quantitative estimate of drug-likeness (QED) is 0.517. The standard InChI is InChI=1S/C9H20N2/c1-9(2)8-10(3)6-5-7-11(9)4/h5-8H2,1-4H3. The summed E-state index contributed by atoms with van der Waals surface area (Å²) in [6.45, 7) is 8.29. The third kappa shape index (κ3) is 2.17. The van der Waals surface area contributed by atoms with Crippen LogP contribution in [-0.4, -0.2) is 49.1 Å². The Labute approximate surface area is 70.2 Å². The molecule has 66 valence electrons. The second-order valence-electron chi connectivity index (χ2n) is 4.33. The first-order valence-electron chi connectivity index (χ1n) is 4.42. The van der Waals surface area contributed by atoms with Crippen molar-refractivity contribution in [2.45, 2.75) is 25.8 Å². The molecule has 1 saturated heterocycles. The van der Waals surface area contributed by atoms with Gasteiger partial charge in [-0.3, -0.25) is 4.90 Å². The first kappa shape index (κ1) is 9.01. The molecule has 0 amide bonds. The van der Waals surface area contributed by atoms with Gasteiger partial charge < -0.3 is 4.90 Å². The maximum atomic E-state index is 2.45. The summed E-state index contributed by atoms with van der Waals surface area (Å²) in [5, 5.41) is 0. The van der Waals surface area contributed by atoms with Crippen molar-refractivity contribution in [1.29, 1.82) is 0 Å². The summed E-state index contributed by atoms with van der Waals surface area (Å²) in [7, 11) is 4.43. The van der Waals surface area contributed by atoms with E-state index >= 15 is 0 Å². The van der Waals surface area contributed by atoms with E-state index < -0.39 is 0 Å². The van der Waals surface area contributed by atoms with Gasteiger partial charge in [-0.2, -0.15) is 0 Å². The molecule has 1 aliphatic heterocycles. The highest BCUT2D eigenvalue weighted by Crippen LogP contribution is 2.16. The average molecular weight is 156 g/mol. The highest BCUT2D eigenvalue weighted by molar-refractivity contribution is 4.84. The molecule has 0 N–H and O–H groups in total. The van der Waals surface area contributed by atoms with E-state index in [4.69, 9.17) is 0 Å². The molecule has 0 spiro atoms. The summed E-state index contributed by atoms with van der Waals surface area (Å²) in [6, 6.07) is 0.